The third kappa shape index (κ3) is 4.46. The van der Waals surface area contributed by atoms with Crippen molar-refractivity contribution in [2.45, 2.75) is 25.5 Å². The Balaban J connectivity index is 0.00000182. The van der Waals surface area contributed by atoms with Gasteiger partial charge in [-0.3, -0.25) is 10.00 Å². The minimum atomic E-state index is 0. The van der Waals surface area contributed by atoms with Crippen LogP contribution in [0, 0.1) is 0 Å². The Morgan fingerprint density at radius 3 is 2.80 bits per heavy atom. The highest BCUT2D eigenvalue weighted by atomic mass is 35.5. The number of fused-ring (bicyclic) bond motifs is 1. The molecule has 4 rings (SSSR count). The van der Waals surface area contributed by atoms with Gasteiger partial charge < -0.3 is 4.74 Å². The molecular weight excluding hydrogens is 357 g/mol. The number of hydrogen-bond donors (Lipinski definition) is 1. The van der Waals surface area contributed by atoms with Gasteiger partial charge >= 0.3 is 0 Å². The number of aromatic nitrogens is 2. The lowest BCUT2D eigenvalue weighted by atomic mass is 10.1. The summed E-state index contributed by atoms with van der Waals surface area (Å²) in [5, 5.41) is 8.90. The molecule has 0 bridgehead atoms. The number of hydrogen-bond acceptors (Lipinski definition) is 3. The maximum Gasteiger partial charge on any atom is 0.120 e. The monoisotopic (exact) mass is 377 g/mol. The molecule has 0 amide bonds. The first-order valence-corrected chi connectivity index (χ1v) is 8.71. The first-order valence-electron chi connectivity index (χ1n) is 8.33. The molecule has 1 aliphatic heterocycles. The molecule has 0 unspecified atom stereocenters. The van der Waals surface area contributed by atoms with Gasteiger partial charge in [0.05, 0.1) is 11.7 Å². The van der Waals surface area contributed by atoms with Crippen molar-refractivity contribution in [1.82, 2.24) is 15.1 Å². The summed E-state index contributed by atoms with van der Waals surface area (Å²) in [4.78, 5) is 2.46. The standard InChI is InChI=1S/C19H20ClN3O.ClH/c20-16-3-1-2-14(10-16)13-23-8-6-17(7-9-23)24-18-4-5-19-15(11-18)12-21-22-19;/h1-5,10-12,17H,6-9,13H2,(H,21,22);1H. The molecule has 1 saturated heterocycles. The number of halogens is 2. The minimum Gasteiger partial charge on any atom is -0.490 e. The van der Waals surface area contributed by atoms with Crippen LogP contribution in [0.25, 0.3) is 10.9 Å². The number of rotatable bonds is 4. The van der Waals surface area contributed by atoms with Gasteiger partial charge in [-0.2, -0.15) is 5.10 Å². The number of H-pyrrole nitrogens is 1. The molecule has 25 heavy (non-hydrogen) atoms. The Morgan fingerprint density at radius 2 is 2.00 bits per heavy atom. The normalized spacial score (nSPS) is 15.9. The fraction of sp³-hybridized carbons (Fsp3) is 0.316. The van der Waals surface area contributed by atoms with E-state index in [1.165, 1.54) is 5.56 Å². The SMILES string of the molecule is Cl.Clc1cccc(CN2CCC(Oc3ccc4[nH]ncc4c3)CC2)c1. The van der Waals surface area contributed by atoms with Crippen molar-refractivity contribution in [3.05, 3.63) is 59.2 Å². The Labute approximate surface area is 158 Å². The van der Waals surface area contributed by atoms with Crippen LogP contribution in [0.15, 0.2) is 48.7 Å². The minimum absolute atomic E-state index is 0. The summed E-state index contributed by atoms with van der Waals surface area (Å²) in [5.74, 6) is 0.928. The number of aromatic amines is 1. The number of likely N-dealkylation sites (tertiary alicyclic amines) is 1. The molecule has 3 aromatic rings. The number of benzene rings is 2. The summed E-state index contributed by atoms with van der Waals surface area (Å²) in [6, 6.07) is 14.2. The van der Waals surface area contributed by atoms with Crippen molar-refractivity contribution in [2.75, 3.05) is 13.1 Å². The molecule has 2 heterocycles. The van der Waals surface area contributed by atoms with E-state index in [4.69, 9.17) is 16.3 Å². The molecular formula is C19H21Cl2N3O. The zero-order valence-electron chi connectivity index (χ0n) is 13.8. The second-order valence-corrected chi connectivity index (χ2v) is 6.78. The molecule has 1 aromatic heterocycles. The first kappa shape index (κ1) is 18.1. The van der Waals surface area contributed by atoms with Crippen LogP contribution in [0.4, 0.5) is 0 Å². The Morgan fingerprint density at radius 1 is 1.16 bits per heavy atom. The van der Waals surface area contributed by atoms with Gasteiger partial charge in [0.25, 0.3) is 0 Å². The average Bonchev–Trinajstić information content (AvgIpc) is 3.04. The Hall–Kier alpha value is -1.75. The molecule has 132 valence electrons. The maximum absolute atomic E-state index is 6.16. The van der Waals surface area contributed by atoms with Gasteiger partial charge in [-0.05, 0) is 48.7 Å². The van der Waals surface area contributed by atoms with Crippen molar-refractivity contribution < 1.29 is 4.74 Å². The quantitative estimate of drug-likeness (QED) is 0.717. The molecule has 1 fully saturated rings. The van der Waals surface area contributed by atoms with E-state index in [0.717, 1.165) is 54.2 Å². The fourth-order valence-corrected chi connectivity index (χ4v) is 3.48. The molecule has 0 radical (unpaired) electrons. The zero-order chi connectivity index (χ0) is 16.4. The van der Waals surface area contributed by atoms with Crippen LogP contribution in [-0.4, -0.2) is 34.3 Å². The highest BCUT2D eigenvalue weighted by Crippen LogP contribution is 2.23. The van der Waals surface area contributed by atoms with Gasteiger partial charge in [-0.15, -0.1) is 12.4 Å². The van der Waals surface area contributed by atoms with Crippen LogP contribution in [0.2, 0.25) is 5.02 Å². The molecule has 0 atom stereocenters. The molecule has 0 aliphatic carbocycles. The molecule has 1 aliphatic rings. The summed E-state index contributed by atoms with van der Waals surface area (Å²) < 4.78 is 6.16. The molecule has 1 N–H and O–H groups in total. The van der Waals surface area contributed by atoms with Crippen LogP contribution >= 0.6 is 24.0 Å². The van der Waals surface area contributed by atoms with E-state index < -0.39 is 0 Å². The van der Waals surface area contributed by atoms with E-state index in [1.54, 1.807) is 0 Å². The number of ether oxygens (including phenoxy) is 1. The third-order valence-corrected chi connectivity index (χ3v) is 4.78. The number of piperidine rings is 1. The van der Waals surface area contributed by atoms with E-state index >= 15 is 0 Å². The van der Waals surface area contributed by atoms with Gasteiger partial charge in [-0.1, -0.05) is 23.7 Å². The van der Waals surface area contributed by atoms with E-state index in [1.807, 2.05) is 36.5 Å². The topological polar surface area (TPSA) is 41.1 Å². The first-order chi connectivity index (χ1) is 11.8. The summed E-state index contributed by atoms with van der Waals surface area (Å²) in [6.45, 7) is 3.05. The van der Waals surface area contributed by atoms with Crippen molar-refractivity contribution in [1.29, 1.82) is 0 Å². The molecule has 6 heteroatoms. The lowest BCUT2D eigenvalue weighted by molar-refractivity contribution is 0.0969. The highest BCUT2D eigenvalue weighted by Gasteiger charge is 2.20. The van der Waals surface area contributed by atoms with Crippen LogP contribution in [0.5, 0.6) is 5.75 Å². The molecule has 4 nitrogen and oxygen atoms in total. The summed E-state index contributed by atoms with van der Waals surface area (Å²) in [6.07, 6.45) is 4.20. The van der Waals surface area contributed by atoms with Gasteiger partial charge in [0.1, 0.15) is 11.9 Å². The average molecular weight is 378 g/mol. The van der Waals surface area contributed by atoms with Gasteiger partial charge in [0.15, 0.2) is 0 Å². The van der Waals surface area contributed by atoms with E-state index in [9.17, 15) is 0 Å². The second kappa shape index (κ2) is 8.09. The van der Waals surface area contributed by atoms with Gasteiger partial charge in [0.2, 0.25) is 0 Å². The molecule has 0 spiro atoms. The van der Waals surface area contributed by atoms with E-state index in [2.05, 4.69) is 27.2 Å². The molecule has 2 aromatic carbocycles. The van der Waals surface area contributed by atoms with Crippen LogP contribution in [0.1, 0.15) is 18.4 Å². The smallest absolute Gasteiger partial charge is 0.120 e. The molecule has 0 saturated carbocycles. The lowest BCUT2D eigenvalue weighted by Gasteiger charge is -2.32. The Kier molecular flexibility index (Phi) is 5.84. The van der Waals surface area contributed by atoms with Crippen LogP contribution in [0.3, 0.4) is 0 Å². The second-order valence-electron chi connectivity index (χ2n) is 6.34. The fourth-order valence-electron chi connectivity index (χ4n) is 3.27. The largest absolute Gasteiger partial charge is 0.490 e. The van der Waals surface area contributed by atoms with Crippen LogP contribution < -0.4 is 4.74 Å². The van der Waals surface area contributed by atoms with E-state index in [-0.39, 0.29) is 18.5 Å². The summed E-state index contributed by atoms with van der Waals surface area (Å²) in [5.41, 5.74) is 2.31. The lowest BCUT2D eigenvalue weighted by Crippen LogP contribution is -2.37. The predicted molar refractivity (Wildman–Crippen MR) is 104 cm³/mol. The van der Waals surface area contributed by atoms with Crippen LogP contribution in [-0.2, 0) is 6.54 Å². The van der Waals surface area contributed by atoms with Gasteiger partial charge in [0, 0.05) is 30.0 Å². The van der Waals surface area contributed by atoms with Crippen molar-refractivity contribution in [2.24, 2.45) is 0 Å². The van der Waals surface area contributed by atoms with Crippen molar-refractivity contribution >= 4 is 34.9 Å². The summed E-state index contributed by atoms with van der Waals surface area (Å²) in [7, 11) is 0. The van der Waals surface area contributed by atoms with Crippen molar-refractivity contribution in [3.8, 4) is 5.75 Å². The maximum atomic E-state index is 6.16. The number of nitrogens with zero attached hydrogens (tertiary/aromatic N) is 2. The highest BCUT2D eigenvalue weighted by molar-refractivity contribution is 6.30. The number of nitrogens with one attached hydrogen (secondary N) is 1. The summed E-state index contributed by atoms with van der Waals surface area (Å²) >= 11 is 6.06. The zero-order valence-corrected chi connectivity index (χ0v) is 15.4. The van der Waals surface area contributed by atoms with Crippen molar-refractivity contribution in [3.63, 3.8) is 0 Å². The van der Waals surface area contributed by atoms with E-state index in [0.29, 0.717) is 0 Å². The predicted octanol–water partition coefficient (Wildman–Crippen LogP) is 4.68. The third-order valence-electron chi connectivity index (χ3n) is 4.54. The Bertz CT molecular complexity index is 828. The van der Waals surface area contributed by atoms with Gasteiger partial charge in [-0.25, -0.2) is 0 Å².